The Labute approximate surface area is 94.4 Å². The maximum Gasteiger partial charge on any atom is 0.343 e. The number of esters is 1. The first-order valence-corrected chi connectivity index (χ1v) is 5.15. The predicted molar refractivity (Wildman–Crippen MR) is 59.6 cm³/mol. The van der Waals surface area contributed by atoms with Crippen LogP contribution in [0.2, 0.25) is 0 Å². The van der Waals surface area contributed by atoms with E-state index < -0.39 is 17.2 Å². The average Bonchev–Trinajstić information content (AvgIpc) is 2.53. The molecule has 1 fully saturated rings. The molecule has 1 aromatic carbocycles. The number of carbonyl (C=O) groups is 1. The first-order valence-electron chi connectivity index (χ1n) is 5.15. The molecule has 0 aromatic heterocycles. The van der Waals surface area contributed by atoms with Gasteiger partial charge in [-0.15, -0.1) is 0 Å². The summed E-state index contributed by atoms with van der Waals surface area (Å²) in [6, 6.07) is 8.83. The number of hydrogen-bond acceptors (Lipinski definition) is 3. The minimum absolute atomic E-state index is 0.201. The molecule has 2 rings (SSSR count). The Morgan fingerprint density at radius 2 is 2.06 bits per heavy atom. The van der Waals surface area contributed by atoms with Gasteiger partial charge in [-0.25, -0.2) is 4.79 Å². The van der Waals surface area contributed by atoms with Crippen LogP contribution in [0.3, 0.4) is 0 Å². The highest BCUT2D eigenvalue weighted by Crippen LogP contribution is 2.41. The molecule has 3 nitrogen and oxygen atoms in total. The third-order valence-corrected chi connectivity index (χ3v) is 2.95. The van der Waals surface area contributed by atoms with E-state index >= 15 is 0 Å². The molecule has 0 bridgehead atoms. The van der Waals surface area contributed by atoms with Gasteiger partial charge in [0, 0.05) is 6.42 Å². The number of benzene rings is 1. The van der Waals surface area contributed by atoms with Gasteiger partial charge in [0.05, 0.1) is 0 Å². The molecule has 0 spiro atoms. The van der Waals surface area contributed by atoms with Crippen LogP contribution in [0.15, 0.2) is 43.0 Å². The van der Waals surface area contributed by atoms with Crippen LogP contribution in [0.4, 0.5) is 0 Å². The quantitative estimate of drug-likeness (QED) is 0.607. The van der Waals surface area contributed by atoms with Gasteiger partial charge in [-0.1, -0.05) is 36.9 Å². The molecule has 1 saturated heterocycles. The van der Waals surface area contributed by atoms with Gasteiger partial charge in [-0.3, -0.25) is 0 Å². The summed E-state index contributed by atoms with van der Waals surface area (Å²) in [6.07, 6.45) is 1.75. The number of cyclic esters (lactones) is 1. The summed E-state index contributed by atoms with van der Waals surface area (Å²) in [5.41, 5.74) is -1.78. The standard InChI is InChI=1S/C13H14O3/c1-3-12(2)9-13(15,11(14)16-12)10-7-5-4-6-8-10/h3-8,15H,1,9H2,2H3/t12-,13+/m0/s1. The third kappa shape index (κ3) is 1.53. The molecule has 1 aliphatic heterocycles. The largest absolute Gasteiger partial charge is 0.453 e. The lowest BCUT2D eigenvalue weighted by Crippen LogP contribution is -2.31. The fourth-order valence-corrected chi connectivity index (χ4v) is 1.96. The maximum atomic E-state index is 11.8. The second kappa shape index (κ2) is 3.46. The first kappa shape index (κ1) is 10.9. The second-order valence-electron chi connectivity index (χ2n) is 4.31. The smallest absolute Gasteiger partial charge is 0.343 e. The van der Waals surface area contributed by atoms with E-state index in [2.05, 4.69) is 6.58 Å². The topological polar surface area (TPSA) is 46.5 Å². The van der Waals surface area contributed by atoms with Crippen LogP contribution < -0.4 is 0 Å². The van der Waals surface area contributed by atoms with Crippen molar-refractivity contribution in [1.29, 1.82) is 0 Å². The van der Waals surface area contributed by atoms with Gasteiger partial charge in [0.25, 0.3) is 0 Å². The number of aliphatic hydroxyl groups is 1. The van der Waals surface area contributed by atoms with Crippen molar-refractivity contribution in [2.24, 2.45) is 0 Å². The second-order valence-corrected chi connectivity index (χ2v) is 4.31. The van der Waals surface area contributed by atoms with Crippen molar-refractivity contribution in [3.63, 3.8) is 0 Å². The molecule has 2 atom stereocenters. The predicted octanol–water partition coefficient (Wildman–Crippen LogP) is 1.77. The Balaban J connectivity index is 2.41. The summed E-state index contributed by atoms with van der Waals surface area (Å²) >= 11 is 0. The van der Waals surface area contributed by atoms with Gasteiger partial charge in [0.2, 0.25) is 0 Å². The minimum atomic E-state index is -1.55. The van der Waals surface area contributed by atoms with Gasteiger partial charge < -0.3 is 9.84 Å². The highest BCUT2D eigenvalue weighted by atomic mass is 16.6. The van der Waals surface area contributed by atoms with Crippen LogP contribution in [0.1, 0.15) is 18.9 Å². The van der Waals surface area contributed by atoms with E-state index in [1.165, 1.54) is 0 Å². The summed E-state index contributed by atoms with van der Waals surface area (Å²) < 4.78 is 5.16. The number of hydrogen-bond donors (Lipinski definition) is 1. The summed E-state index contributed by atoms with van der Waals surface area (Å²) in [5, 5.41) is 10.4. The van der Waals surface area contributed by atoms with E-state index in [0.29, 0.717) is 5.56 Å². The van der Waals surface area contributed by atoms with Crippen LogP contribution in [0, 0.1) is 0 Å². The molecule has 3 heteroatoms. The summed E-state index contributed by atoms with van der Waals surface area (Å²) in [6.45, 7) is 5.35. The molecule has 1 aliphatic rings. The molecule has 1 heterocycles. The van der Waals surface area contributed by atoms with Crippen molar-refractivity contribution in [1.82, 2.24) is 0 Å². The summed E-state index contributed by atoms with van der Waals surface area (Å²) in [7, 11) is 0. The molecule has 84 valence electrons. The lowest BCUT2D eigenvalue weighted by Gasteiger charge is -2.20. The molecule has 0 radical (unpaired) electrons. The van der Waals surface area contributed by atoms with Crippen LogP contribution in [-0.4, -0.2) is 16.7 Å². The highest BCUT2D eigenvalue weighted by molar-refractivity contribution is 5.84. The van der Waals surface area contributed by atoms with Gasteiger partial charge >= 0.3 is 5.97 Å². The van der Waals surface area contributed by atoms with Crippen molar-refractivity contribution < 1.29 is 14.6 Å². The maximum absolute atomic E-state index is 11.8. The third-order valence-electron chi connectivity index (χ3n) is 2.95. The highest BCUT2D eigenvalue weighted by Gasteiger charge is 2.53. The van der Waals surface area contributed by atoms with Crippen LogP contribution in [0.5, 0.6) is 0 Å². The zero-order chi connectivity index (χ0) is 11.8. The zero-order valence-corrected chi connectivity index (χ0v) is 9.14. The fraction of sp³-hybridized carbons (Fsp3) is 0.308. The van der Waals surface area contributed by atoms with Crippen molar-refractivity contribution >= 4 is 5.97 Å². The van der Waals surface area contributed by atoms with Crippen LogP contribution in [-0.2, 0) is 15.1 Å². The van der Waals surface area contributed by atoms with E-state index in [-0.39, 0.29) is 6.42 Å². The van der Waals surface area contributed by atoms with Crippen molar-refractivity contribution in [2.45, 2.75) is 24.5 Å². The first-order chi connectivity index (χ1) is 7.50. The Kier molecular flexibility index (Phi) is 2.35. The Hall–Kier alpha value is -1.61. The fourth-order valence-electron chi connectivity index (χ4n) is 1.96. The Morgan fingerprint density at radius 3 is 2.56 bits per heavy atom. The van der Waals surface area contributed by atoms with Gasteiger partial charge in [-0.2, -0.15) is 0 Å². The van der Waals surface area contributed by atoms with E-state index in [1.54, 1.807) is 37.3 Å². The number of rotatable bonds is 2. The van der Waals surface area contributed by atoms with Crippen molar-refractivity contribution in [3.8, 4) is 0 Å². The Morgan fingerprint density at radius 1 is 1.44 bits per heavy atom. The summed E-state index contributed by atoms with van der Waals surface area (Å²) in [4.78, 5) is 11.8. The van der Waals surface area contributed by atoms with Gasteiger partial charge in [-0.05, 0) is 18.6 Å². The SMILES string of the molecule is C=C[C@@]1(C)C[C@@](O)(c2ccccc2)C(=O)O1. The lowest BCUT2D eigenvalue weighted by molar-refractivity contribution is -0.157. The molecule has 0 amide bonds. The number of carbonyl (C=O) groups excluding carboxylic acids is 1. The average molecular weight is 218 g/mol. The van der Waals surface area contributed by atoms with Crippen molar-refractivity contribution in [2.75, 3.05) is 0 Å². The molecule has 0 unspecified atom stereocenters. The van der Waals surface area contributed by atoms with Crippen LogP contribution >= 0.6 is 0 Å². The molecule has 0 saturated carbocycles. The molecule has 0 aliphatic carbocycles. The van der Waals surface area contributed by atoms with E-state index in [1.807, 2.05) is 6.07 Å². The molecular weight excluding hydrogens is 204 g/mol. The molecule has 1 N–H and O–H groups in total. The molecular formula is C13H14O3. The van der Waals surface area contributed by atoms with Gasteiger partial charge in [0.15, 0.2) is 5.60 Å². The van der Waals surface area contributed by atoms with Crippen molar-refractivity contribution in [3.05, 3.63) is 48.6 Å². The normalized spacial score (nSPS) is 33.5. The molecule has 1 aromatic rings. The van der Waals surface area contributed by atoms with E-state index in [9.17, 15) is 9.90 Å². The Bertz CT molecular complexity index is 426. The molecule has 16 heavy (non-hydrogen) atoms. The lowest BCUT2D eigenvalue weighted by atomic mass is 9.86. The van der Waals surface area contributed by atoms with Gasteiger partial charge in [0.1, 0.15) is 5.60 Å². The summed E-state index contributed by atoms with van der Waals surface area (Å²) in [5.74, 6) is -0.610. The minimum Gasteiger partial charge on any atom is -0.453 e. The van der Waals surface area contributed by atoms with Crippen LogP contribution in [0.25, 0.3) is 0 Å². The van der Waals surface area contributed by atoms with E-state index in [0.717, 1.165) is 0 Å². The van der Waals surface area contributed by atoms with E-state index in [4.69, 9.17) is 4.74 Å². The zero-order valence-electron chi connectivity index (χ0n) is 9.14. The monoisotopic (exact) mass is 218 g/mol. The number of ether oxygens (including phenoxy) is 1.